The van der Waals surface area contributed by atoms with Crippen molar-refractivity contribution in [2.75, 3.05) is 6.54 Å². The Morgan fingerprint density at radius 3 is 1.95 bits per heavy atom. The predicted octanol–water partition coefficient (Wildman–Crippen LogP) is 6.79. The molecule has 6 nitrogen and oxygen atoms in total. The van der Waals surface area contributed by atoms with Crippen molar-refractivity contribution in [1.29, 1.82) is 0 Å². The Morgan fingerprint density at radius 1 is 0.775 bits per heavy atom. The molecule has 0 saturated carbocycles. The van der Waals surface area contributed by atoms with Crippen LogP contribution in [0.2, 0.25) is 0 Å². The Kier molecular flexibility index (Phi) is 10.1. The van der Waals surface area contributed by atoms with E-state index < -0.39 is 17.5 Å². The normalized spacial score (nSPS) is 12.0. The van der Waals surface area contributed by atoms with Gasteiger partial charge in [-0.25, -0.2) is 9.59 Å². The van der Waals surface area contributed by atoms with Gasteiger partial charge in [-0.3, -0.25) is 4.79 Å². The molecule has 0 bridgehead atoms. The van der Waals surface area contributed by atoms with Gasteiger partial charge in [-0.15, -0.1) is 0 Å². The Bertz CT molecular complexity index is 1350. The fourth-order valence-electron chi connectivity index (χ4n) is 3.90. The van der Waals surface area contributed by atoms with Gasteiger partial charge in [-0.1, -0.05) is 87.5 Å². The molecule has 0 radical (unpaired) electrons. The number of hydrogen-bond acceptors (Lipinski definition) is 5. The van der Waals surface area contributed by atoms with Gasteiger partial charge in [0.25, 0.3) is 5.91 Å². The lowest BCUT2D eigenvalue weighted by molar-refractivity contribution is -0.148. The molecule has 3 rings (SSSR count). The van der Waals surface area contributed by atoms with E-state index in [0.717, 1.165) is 11.1 Å². The van der Waals surface area contributed by atoms with Crippen molar-refractivity contribution in [3.8, 4) is 0 Å². The minimum Gasteiger partial charge on any atom is -0.457 e. The first-order chi connectivity index (χ1) is 18.8. The summed E-state index contributed by atoms with van der Waals surface area (Å²) in [5, 5.41) is 2.93. The summed E-state index contributed by atoms with van der Waals surface area (Å²) < 4.78 is 11.2. The minimum atomic E-state index is -0.683. The van der Waals surface area contributed by atoms with Crippen LogP contribution in [0.4, 0.5) is 0 Å². The molecule has 0 unspecified atom stereocenters. The van der Waals surface area contributed by atoms with E-state index in [1.54, 1.807) is 32.9 Å². The summed E-state index contributed by atoms with van der Waals surface area (Å²) >= 11 is 0. The Hall–Kier alpha value is -4.19. The molecule has 3 aromatic rings. The van der Waals surface area contributed by atoms with Crippen molar-refractivity contribution in [2.24, 2.45) is 5.41 Å². The fraction of sp³-hybridized carbons (Fsp3) is 0.324. The van der Waals surface area contributed by atoms with Gasteiger partial charge in [0.05, 0.1) is 5.56 Å². The van der Waals surface area contributed by atoms with Gasteiger partial charge in [0.2, 0.25) is 0 Å². The fourth-order valence-corrected chi connectivity index (χ4v) is 3.90. The van der Waals surface area contributed by atoms with E-state index in [2.05, 4.69) is 5.32 Å². The largest absolute Gasteiger partial charge is 0.457 e. The summed E-state index contributed by atoms with van der Waals surface area (Å²) in [6, 6.07) is 23.9. The van der Waals surface area contributed by atoms with Gasteiger partial charge >= 0.3 is 11.9 Å². The second-order valence-corrected chi connectivity index (χ2v) is 11.9. The molecule has 210 valence electrons. The van der Waals surface area contributed by atoms with E-state index in [-0.39, 0.29) is 23.5 Å². The van der Waals surface area contributed by atoms with E-state index in [1.165, 1.54) is 12.1 Å². The van der Waals surface area contributed by atoms with Crippen LogP contribution >= 0.6 is 0 Å². The topological polar surface area (TPSA) is 81.7 Å². The Balaban J connectivity index is 2.05. The maximum absolute atomic E-state index is 13.5. The predicted molar refractivity (Wildman–Crippen MR) is 158 cm³/mol. The third-order valence-electron chi connectivity index (χ3n) is 5.78. The number of carbonyl (C=O) groups excluding carboxylic acids is 3. The highest BCUT2D eigenvalue weighted by Crippen LogP contribution is 2.27. The molecule has 40 heavy (non-hydrogen) atoms. The smallest absolute Gasteiger partial charge is 0.339 e. The van der Waals surface area contributed by atoms with Crippen molar-refractivity contribution in [3.63, 3.8) is 0 Å². The molecule has 0 heterocycles. The van der Waals surface area contributed by atoms with Crippen LogP contribution < -0.4 is 5.32 Å². The maximum atomic E-state index is 13.5. The molecule has 0 aromatic heterocycles. The minimum absolute atomic E-state index is 0.0728. The number of ether oxygens (including phenoxy) is 2. The Labute approximate surface area is 237 Å². The van der Waals surface area contributed by atoms with Gasteiger partial charge in [0, 0.05) is 18.2 Å². The van der Waals surface area contributed by atoms with E-state index in [4.69, 9.17) is 9.47 Å². The number of hydrogen-bond donors (Lipinski definition) is 1. The monoisotopic (exact) mass is 541 g/mol. The first kappa shape index (κ1) is 30.4. The van der Waals surface area contributed by atoms with Gasteiger partial charge < -0.3 is 14.8 Å². The summed E-state index contributed by atoms with van der Waals surface area (Å²) in [7, 11) is 0. The summed E-state index contributed by atoms with van der Waals surface area (Å²) in [5.74, 6) is -1.40. The summed E-state index contributed by atoms with van der Waals surface area (Å²) in [6.07, 6.45) is 1.79. The average Bonchev–Trinajstić information content (AvgIpc) is 2.89. The van der Waals surface area contributed by atoms with Gasteiger partial charge in [0.1, 0.15) is 12.2 Å². The van der Waals surface area contributed by atoms with Crippen LogP contribution in [0.25, 0.3) is 5.57 Å². The second kappa shape index (κ2) is 13.2. The summed E-state index contributed by atoms with van der Waals surface area (Å²) in [4.78, 5) is 39.4. The lowest BCUT2D eigenvalue weighted by Gasteiger charge is -2.20. The first-order valence-corrected chi connectivity index (χ1v) is 13.4. The molecule has 0 aliphatic carbocycles. The molecule has 0 fully saturated rings. The molecule has 6 heteroatoms. The number of rotatable bonds is 9. The van der Waals surface area contributed by atoms with Crippen LogP contribution in [0.15, 0.2) is 84.9 Å². The molecule has 0 aliphatic rings. The molecule has 3 aromatic carbocycles. The molecule has 0 aliphatic heterocycles. The highest BCUT2D eigenvalue weighted by Gasteiger charge is 2.22. The second-order valence-electron chi connectivity index (χ2n) is 11.9. The summed E-state index contributed by atoms with van der Waals surface area (Å²) in [6.45, 7) is 12.0. The van der Waals surface area contributed by atoms with Crippen LogP contribution in [0.5, 0.6) is 0 Å². The zero-order chi connectivity index (χ0) is 29.3. The van der Waals surface area contributed by atoms with Crippen LogP contribution in [0.1, 0.15) is 78.9 Å². The lowest BCUT2D eigenvalue weighted by atomic mass is 9.92. The van der Waals surface area contributed by atoms with Crippen molar-refractivity contribution >= 4 is 23.4 Å². The SMILES string of the molecule is CC(C)(C)CNC(=O)c1ccc(/C(=C/C(=O)OC(C)(C)C)Cc2ccccc2)c(C(=O)OCc2ccccc2)c1. The van der Waals surface area contributed by atoms with Crippen molar-refractivity contribution in [3.05, 3.63) is 113 Å². The number of esters is 2. The van der Waals surface area contributed by atoms with Crippen LogP contribution in [-0.2, 0) is 27.3 Å². The third kappa shape index (κ3) is 9.84. The highest BCUT2D eigenvalue weighted by atomic mass is 16.6. The number of benzene rings is 3. The van der Waals surface area contributed by atoms with Gasteiger partial charge in [0.15, 0.2) is 0 Å². The zero-order valence-corrected chi connectivity index (χ0v) is 24.2. The average molecular weight is 542 g/mol. The standard InChI is InChI=1S/C34H39NO5/c1-33(2,3)23-35-31(37)26-17-18-28(29(20-26)32(38)39-22-25-15-11-8-12-16-25)27(19-24-13-9-7-10-14-24)21-30(36)40-34(4,5)6/h7-18,20-21H,19,22-23H2,1-6H3,(H,35,37)/b27-21+. The van der Waals surface area contributed by atoms with Gasteiger partial charge in [-0.2, -0.15) is 0 Å². The molecule has 1 N–H and O–H groups in total. The molecular formula is C34H39NO5. The summed E-state index contributed by atoms with van der Waals surface area (Å²) in [5.41, 5.74) is 2.61. The van der Waals surface area contributed by atoms with E-state index in [0.29, 0.717) is 29.7 Å². The van der Waals surface area contributed by atoms with Crippen molar-refractivity contribution < 1.29 is 23.9 Å². The molecule has 0 atom stereocenters. The lowest BCUT2D eigenvalue weighted by Crippen LogP contribution is -2.32. The van der Waals surface area contributed by atoms with Crippen LogP contribution in [0, 0.1) is 5.41 Å². The number of allylic oxidation sites excluding steroid dienone is 1. The highest BCUT2D eigenvalue weighted by molar-refractivity contribution is 6.03. The molecule has 1 amide bonds. The van der Waals surface area contributed by atoms with Gasteiger partial charge in [-0.05, 0) is 67.0 Å². The van der Waals surface area contributed by atoms with Crippen molar-refractivity contribution in [2.45, 2.75) is 60.2 Å². The van der Waals surface area contributed by atoms with E-state index in [9.17, 15) is 14.4 Å². The number of amides is 1. The van der Waals surface area contributed by atoms with Crippen molar-refractivity contribution in [1.82, 2.24) is 5.32 Å². The van der Waals surface area contributed by atoms with Crippen LogP contribution in [-0.4, -0.2) is 30.0 Å². The first-order valence-electron chi connectivity index (χ1n) is 13.4. The van der Waals surface area contributed by atoms with Crippen LogP contribution in [0.3, 0.4) is 0 Å². The molecule has 0 spiro atoms. The number of nitrogens with one attached hydrogen (secondary N) is 1. The quantitative estimate of drug-likeness (QED) is 0.238. The maximum Gasteiger partial charge on any atom is 0.339 e. The molecule has 0 saturated heterocycles. The van der Waals surface area contributed by atoms with E-state index >= 15 is 0 Å². The molecular weight excluding hydrogens is 502 g/mol. The third-order valence-corrected chi connectivity index (χ3v) is 5.78. The van der Waals surface area contributed by atoms with E-state index in [1.807, 2.05) is 81.4 Å². The zero-order valence-electron chi connectivity index (χ0n) is 24.2. The Morgan fingerprint density at radius 2 is 1.38 bits per heavy atom. The number of carbonyl (C=O) groups is 3.